The number of nitrogens with one attached hydrogen (secondary N) is 1. The van der Waals surface area contributed by atoms with Gasteiger partial charge in [-0.1, -0.05) is 0 Å². The van der Waals surface area contributed by atoms with E-state index in [0.717, 1.165) is 19.4 Å². The zero-order valence-corrected chi connectivity index (χ0v) is 15.0. The Hall–Kier alpha value is -0.980. The fraction of sp³-hybridized carbons (Fsp3) is 0.562. The number of carbonyl (C=O) groups is 1. The summed E-state index contributed by atoms with van der Waals surface area (Å²) in [5, 5.41) is 12.8. The molecule has 0 aromatic heterocycles. The Morgan fingerprint density at radius 3 is 2.76 bits per heavy atom. The summed E-state index contributed by atoms with van der Waals surface area (Å²) in [6, 6.07) is 4.43. The Balaban J connectivity index is 2.14. The smallest absolute Gasteiger partial charge is 0.407 e. The molecule has 1 heterocycles. The van der Waals surface area contributed by atoms with E-state index in [-0.39, 0.29) is 5.54 Å². The predicted molar refractivity (Wildman–Crippen MR) is 94.2 cm³/mol. The lowest BCUT2D eigenvalue weighted by Gasteiger charge is -2.33. The first-order valence-corrected chi connectivity index (χ1v) is 8.42. The van der Waals surface area contributed by atoms with Crippen LogP contribution in [0.15, 0.2) is 12.1 Å². The molecule has 0 radical (unpaired) electrons. The Kier molecular flexibility index (Phi) is 5.01. The second-order valence-electron chi connectivity index (χ2n) is 6.49. The first-order valence-electron chi connectivity index (χ1n) is 7.35. The van der Waals surface area contributed by atoms with Crippen LogP contribution in [0, 0.1) is 3.57 Å². The maximum Gasteiger partial charge on any atom is 0.407 e. The van der Waals surface area contributed by atoms with Gasteiger partial charge < -0.3 is 15.3 Å². The molecule has 0 saturated heterocycles. The van der Waals surface area contributed by atoms with Crippen LogP contribution in [-0.2, 0) is 12.8 Å². The van der Waals surface area contributed by atoms with E-state index in [9.17, 15) is 9.90 Å². The number of hydrogen-bond donors (Lipinski definition) is 2. The molecule has 21 heavy (non-hydrogen) atoms. The fourth-order valence-corrected chi connectivity index (χ4v) is 3.48. The van der Waals surface area contributed by atoms with Gasteiger partial charge in [0.2, 0.25) is 0 Å². The van der Waals surface area contributed by atoms with Gasteiger partial charge in [0.05, 0.1) is 0 Å². The highest BCUT2D eigenvalue weighted by Gasteiger charge is 2.26. The van der Waals surface area contributed by atoms with Crippen LogP contribution in [0.1, 0.15) is 38.3 Å². The molecule has 0 spiro atoms. The molecule has 116 valence electrons. The van der Waals surface area contributed by atoms with E-state index in [0.29, 0.717) is 6.54 Å². The SMILES string of the molecule is CC(C)(C)N(CCc1cc2c(cc1I)CCCN2)C(=O)O. The van der Waals surface area contributed by atoms with Crippen LogP contribution in [0.3, 0.4) is 0 Å². The highest BCUT2D eigenvalue weighted by molar-refractivity contribution is 14.1. The third kappa shape index (κ3) is 4.02. The molecule has 1 aliphatic rings. The molecule has 2 N–H and O–H groups in total. The van der Waals surface area contributed by atoms with E-state index in [1.54, 1.807) is 0 Å². The lowest BCUT2D eigenvalue weighted by atomic mass is 9.99. The van der Waals surface area contributed by atoms with Crippen molar-refractivity contribution in [2.75, 3.05) is 18.4 Å². The summed E-state index contributed by atoms with van der Waals surface area (Å²) in [6.07, 6.45) is 2.20. The summed E-state index contributed by atoms with van der Waals surface area (Å²) in [5.74, 6) is 0. The molecule has 1 aromatic rings. The second-order valence-corrected chi connectivity index (χ2v) is 7.65. The van der Waals surface area contributed by atoms with Crippen LogP contribution < -0.4 is 5.32 Å². The predicted octanol–water partition coefficient (Wildman–Crippen LogP) is 3.97. The van der Waals surface area contributed by atoms with E-state index in [2.05, 4.69) is 40.0 Å². The number of anilines is 1. The van der Waals surface area contributed by atoms with Crippen molar-refractivity contribution in [3.05, 3.63) is 26.8 Å². The molecular weight excluding hydrogens is 379 g/mol. The van der Waals surface area contributed by atoms with Crippen molar-refractivity contribution in [3.8, 4) is 0 Å². The molecule has 5 heteroatoms. The van der Waals surface area contributed by atoms with Crippen molar-refractivity contribution in [2.45, 2.75) is 45.6 Å². The first-order chi connectivity index (χ1) is 9.79. The Labute approximate surface area is 140 Å². The number of carboxylic acid groups (broad SMARTS) is 1. The van der Waals surface area contributed by atoms with Crippen LogP contribution in [0.2, 0.25) is 0 Å². The van der Waals surface area contributed by atoms with Crippen LogP contribution in [-0.4, -0.2) is 34.7 Å². The van der Waals surface area contributed by atoms with Gasteiger partial charge >= 0.3 is 6.09 Å². The standard InChI is InChI=1S/C16H23IN2O2/c1-16(2,3)19(15(20)21)8-6-11-10-14-12(9-13(11)17)5-4-7-18-14/h9-10,18H,4-8H2,1-3H3,(H,20,21). The number of fused-ring (bicyclic) bond motifs is 1. The largest absolute Gasteiger partial charge is 0.465 e. The zero-order chi connectivity index (χ0) is 15.6. The summed E-state index contributed by atoms with van der Waals surface area (Å²) in [4.78, 5) is 12.9. The molecule has 4 nitrogen and oxygen atoms in total. The maximum atomic E-state index is 11.4. The van der Waals surface area contributed by atoms with Crippen molar-refractivity contribution in [2.24, 2.45) is 0 Å². The van der Waals surface area contributed by atoms with Gasteiger partial charge in [0, 0.05) is 27.9 Å². The minimum atomic E-state index is -0.853. The highest BCUT2D eigenvalue weighted by atomic mass is 127. The quantitative estimate of drug-likeness (QED) is 0.753. The molecule has 2 rings (SSSR count). The lowest BCUT2D eigenvalue weighted by molar-refractivity contribution is 0.101. The zero-order valence-electron chi connectivity index (χ0n) is 12.9. The molecule has 1 amide bonds. The van der Waals surface area contributed by atoms with Crippen molar-refractivity contribution in [3.63, 3.8) is 0 Å². The Morgan fingerprint density at radius 1 is 1.43 bits per heavy atom. The van der Waals surface area contributed by atoms with Gasteiger partial charge in [-0.3, -0.25) is 0 Å². The minimum Gasteiger partial charge on any atom is -0.465 e. The second kappa shape index (κ2) is 6.42. The van der Waals surface area contributed by atoms with Crippen molar-refractivity contribution in [1.29, 1.82) is 0 Å². The number of hydrogen-bond acceptors (Lipinski definition) is 2. The molecule has 0 fully saturated rings. The molecule has 1 aromatic carbocycles. The van der Waals surface area contributed by atoms with Crippen LogP contribution in [0.5, 0.6) is 0 Å². The van der Waals surface area contributed by atoms with E-state index in [1.165, 1.54) is 31.7 Å². The fourth-order valence-electron chi connectivity index (χ4n) is 2.67. The van der Waals surface area contributed by atoms with Gasteiger partial charge in [-0.05, 0) is 85.9 Å². The van der Waals surface area contributed by atoms with Crippen LogP contribution in [0.25, 0.3) is 0 Å². The topological polar surface area (TPSA) is 52.6 Å². The summed E-state index contributed by atoms with van der Waals surface area (Å²) >= 11 is 2.36. The summed E-state index contributed by atoms with van der Waals surface area (Å²) in [5.41, 5.74) is 3.44. The molecule has 0 unspecified atom stereocenters. The van der Waals surface area contributed by atoms with Crippen molar-refractivity contribution < 1.29 is 9.90 Å². The highest BCUT2D eigenvalue weighted by Crippen LogP contribution is 2.28. The lowest BCUT2D eigenvalue weighted by Crippen LogP contribution is -2.46. The molecule has 0 aliphatic carbocycles. The van der Waals surface area contributed by atoms with Gasteiger partial charge in [-0.2, -0.15) is 0 Å². The average Bonchev–Trinajstić information content (AvgIpc) is 2.37. The van der Waals surface area contributed by atoms with E-state index in [4.69, 9.17) is 0 Å². The molecular formula is C16H23IN2O2. The molecule has 0 atom stereocenters. The maximum absolute atomic E-state index is 11.4. The third-order valence-corrected chi connectivity index (χ3v) is 4.86. The van der Waals surface area contributed by atoms with E-state index < -0.39 is 6.09 Å². The van der Waals surface area contributed by atoms with Gasteiger partial charge in [0.15, 0.2) is 0 Å². The molecule has 0 bridgehead atoms. The number of halogens is 1. The molecule has 1 aliphatic heterocycles. The van der Waals surface area contributed by atoms with Gasteiger partial charge in [0.25, 0.3) is 0 Å². The first kappa shape index (κ1) is 16.4. The summed E-state index contributed by atoms with van der Waals surface area (Å²) in [7, 11) is 0. The number of amides is 1. The normalized spacial score (nSPS) is 14.3. The van der Waals surface area contributed by atoms with Crippen molar-refractivity contribution >= 4 is 34.4 Å². The number of nitrogens with zero attached hydrogens (tertiary/aromatic N) is 1. The van der Waals surface area contributed by atoms with Gasteiger partial charge in [-0.25, -0.2) is 4.79 Å². The monoisotopic (exact) mass is 402 g/mol. The van der Waals surface area contributed by atoms with Gasteiger partial charge in [0.1, 0.15) is 0 Å². The van der Waals surface area contributed by atoms with Crippen LogP contribution in [0.4, 0.5) is 10.5 Å². The minimum absolute atomic E-state index is 0.371. The van der Waals surface area contributed by atoms with Gasteiger partial charge in [-0.15, -0.1) is 0 Å². The summed E-state index contributed by atoms with van der Waals surface area (Å²) < 4.78 is 1.23. The molecule has 0 saturated carbocycles. The Bertz CT molecular complexity index is 538. The van der Waals surface area contributed by atoms with Crippen LogP contribution >= 0.6 is 22.6 Å². The third-order valence-electron chi connectivity index (χ3n) is 3.86. The number of benzene rings is 1. The van der Waals surface area contributed by atoms with E-state index >= 15 is 0 Å². The Morgan fingerprint density at radius 2 is 2.14 bits per heavy atom. The average molecular weight is 402 g/mol. The van der Waals surface area contributed by atoms with E-state index in [1.807, 2.05) is 20.8 Å². The summed E-state index contributed by atoms with van der Waals surface area (Å²) in [6.45, 7) is 7.34. The number of aryl methyl sites for hydroxylation is 1. The van der Waals surface area contributed by atoms with Crippen molar-refractivity contribution in [1.82, 2.24) is 4.90 Å². The number of rotatable bonds is 3.